The molecule has 4 aromatic heterocycles. The molecule has 4 N–H and O–H groups in total. The summed E-state index contributed by atoms with van der Waals surface area (Å²) in [4.78, 5) is 49.2. The highest BCUT2D eigenvalue weighted by Gasteiger charge is 2.53. The highest BCUT2D eigenvalue weighted by molar-refractivity contribution is 8.07. The van der Waals surface area contributed by atoms with Crippen molar-refractivity contribution in [2.24, 2.45) is 0 Å². The number of halogens is 1. The first-order valence-electron chi connectivity index (χ1n) is 12.0. The molecular formula is C21H23FN7O9PS. The smallest absolute Gasteiger partial charge is 0.325 e. The fourth-order valence-electron chi connectivity index (χ4n) is 4.85. The van der Waals surface area contributed by atoms with Crippen molar-refractivity contribution < 1.29 is 38.0 Å². The van der Waals surface area contributed by atoms with Gasteiger partial charge >= 0.3 is 6.72 Å². The monoisotopic (exact) mass is 599 g/mol. The molecule has 6 heterocycles. The summed E-state index contributed by atoms with van der Waals surface area (Å²) in [6.07, 6.45) is 0.984. The number of imidazole rings is 2. The number of aliphatic hydroxyl groups is 2. The van der Waals surface area contributed by atoms with Crippen LogP contribution in [-0.2, 0) is 36.1 Å². The first-order chi connectivity index (χ1) is 19.1. The van der Waals surface area contributed by atoms with Crippen LogP contribution in [0.1, 0.15) is 12.6 Å². The number of rotatable bonds is 8. The molecule has 19 heteroatoms. The first-order valence-corrected chi connectivity index (χ1v) is 14.6. The molecule has 0 amide bonds. The molecule has 0 spiro atoms. The van der Waals surface area contributed by atoms with Gasteiger partial charge in [-0.2, -0.15) is 0 Å². The van der Waals surface area contributed by atoms with Gasteiger partial charge < -0.3 is 38.6 Å². The summed E-state index contributed by atoms with van der Waals surface area (Å²) in [5.41, 5.74) is -1.10. The lowest BCUT2D eigenvalue weighted by Gasteiger charge is -2.27. The molecule has 0 saturated carbocycles. The van der Waals surface area contributed by atoms with Crippen LogP contribution in [0.3, 0.4) is 0 Å². The molecule has 0 bridgehead atoms. The van der Waals surface area contributed by atoms with Crippen LogP contribution >= 0.6 is 6.72 Å². The van der Waals surface area contributed by atoms with Gasteiger partial charge in [-0.3, -0.25) is 23.1 Å². The lowest BCUT2D eigenvalue weighted by molar-refractivity contribution is -0.0531. The molecule has 0 aromatic carbocycles. The van der Waals surface area contributed by atoms with Crippen LogP contribution in [0.5, 0.6) is 0 Å². The average Bonchev–Trinajstić information content (AvgIpc) is 3.71. The Kier molecular flexibility index (Phi) is 6.92. The third-order valence-electron chi connectivity index (χ3n) is 6.81. The summed E-state index contributed by atoms with van der Waals surface area (Å²) < 4.78 is 42.1. The molecular weight excluding hydrogens is 576 g/mol. The van der Waals surface area contributed by atoms with E-state index >= 15 is 4.39 Å². The maximum Gasteiger partial charge on any atom is 0.325 e. The molecule has 16 nitrogen and oxygen atoms in total. The van der Waals surface area contributed by atoms with Crippen molar-refractivity contribution in [3.05, 3.63) is 58.0 Å². The van der Waals surface area contributed by atoms with Gasteiger partial charge in [-0.1, -0.05) is 0 Å². The van der Waals surface area contributed by atoms with Crippen molar-refractivity contribution in [2.75, 3.05) is 19.8 Å². The van der Waals surface area contributed by atoms with Crippen LogP contribution in [0.25, 0.3) is 16.9 Å². The number of alkyl halides is 1. The topological polar surface area (TPSA) is 200 Å². The Hall–Kier alpha value is -2.93. The third-order valence-corrected chi connectivity index (χ3v) is 8.39. The molecule has 7 atom stereocenters. The minimum Gasteiger partial charge on any atom is -0.394 e. The van der Waals surface area contributed by atoms with Gasteiger partial charge in [-0.05, 0) is 11.8 Å². The highest BCUT2D eigenvalue weighted by atomic mass is 32.5. The number of ether oxygens (including phenoxy) is 2. The number of hydrogen-bond acceptors (Lipinski definition) is 12. The molecule has 214 valence electrons. The molecule has 2 fully saturated rings. The molecule has 2 saturated heterocycles. The molecule has 1 unspecified atom stereocenters. The summed E-state index contributed by atoms with van der Waals surface area (Å²) in [6, 6.07) is 1.30. The average molecular weight is 599 g/mol. The number of nitrogens with zero attached hydrogens (tertiary/aromatic N) is 6. The Bertz CT molecular complexity index is 1730. The van der Waals surface area contributed by atoms with Crippen molar-refractivity contribution in [3.8, 4) is 0 Å². The number of nitrogens with one attached hydrogen (secondary N) is 1. The normalized spacial score (nSPS) is 30.4. The number of aliphatic hydroxyl groups excluding tert-OH is 2. The molecule has 40 heavy (non-hydrogen) atoms. The van der Waals surface area contributed by atoms with E-state index in [4.69, 9.17) is 30.3 Å². The van der Waals surface area contributed by atoms with Crippen LogP contribution < -0.4 is 11.1 Å². The Morgan fingerprint density at radius 3 is 2.92 bits per heavy atom. The van der Waals surface area contributed by atoms with Crippen LogP contribution in [0.15, 0.2) is 46.9 Å². The number of fused-ring (bicyclic) bond motifs is 2. The van der Waals surface area contributed by atoms with E-state index in [0.29, 0.717) is 0 Å². The van der Waals surface area contributed by atoms with Gasteiger partial charge in [0.15, 0.2) is 17.4 Å². The van der Waals surface area contributed by atoms with E-state index in [-0.39, 0.29) is 35.5 Å². The zero-order valence-electron chi connectivity index (χ0n) is 20.4. The Morgan fingerprint density at radius 1 is 1.30 bits per heavy atom. The summed E-state index contributed by atoms with van der Waals surface area (Å²) in [6.45, 7) is -5.55. The first kappa shape index (κ1) is 27.3. The molecule has 6 rings (SSSR count). The predicted octanol–water partition coefficient (Wildman–Crippen LogP) is -1.09. The SMILES string of the molecule is O=c1[nH]cnc2c1ncn2[C@]1(F)CO[C@H](COP(O)(=S)O[C@@H]2C[C@@H](CO)O[C@H]2n2ccc(=O)n3ccnc23)[C@H]1O. The van der Waals surface area contributed by atoms with E-state index < -0.39 is 61.9 Å². The van der Waals surface area contributed by atoms with E-state index in [1.54, 1.807) is 0 Å². The number of H-pyrrole nitrogens is 1. The van der Waals surface area contributed by atoms with E-state index in [9.17, 15) is 24.7 Å². The zero-order chi connectivity index (χ0) is 28.2. The third kappa shape index (κ3) is 4.60. The van der Waals surface area contributed by atoms with Gasteiger partial charge in [0.2, 0.25) is 11.6 Å². The fraction of sp³-hybridized carbons (Fsp3) is 0.476. The number of aromatic nitrogens is 7. The van der Waals surface area contributed by atoms with Gasteiger partial charge in [-0.25, -0.2) is 19.3 Å². The second-order valence-corrected chi connectivity index (χ2v) is 12.1. The maximum atomic E-state index is 15.9. The van der Waals surface area contributed by atoms with E-state index in [0.717, 1.165) is 17.2 Å². The van der Waals surface area contributed by atoms with Crippen LogP contribution in [-0.4, -0.2) is 92.8 Å². The molecule has 4 aromatic rings. The Labute approximate surface area is 227 Å². The fourth-order valence-corrected chi connectivity index (χ4v) is 6.29. The summed E-state index contributed by atoms with van der Waals surface area (Å²) in [7, 11) is 0. The largest absolute Gasteiger partial charge is 0.394 e. The second kappa shape index (κ2) is 10.2. The number of aromatic amines is 1. The molecule has 0 aliphatic carbocycles. The second-order valence-electron chi connectivity index (χ2n) is 9.26. The quantitative estimate of drug-likeness (QED) is 0.178. The summed E-state index contributed by atoms with van der Waals surface area (Å²) in [5.74, 6) is -2.30. The summed E-state index contributed by atoms with van der Waals surface area (Å²) >= 11 is 5.18. The van der Waals surface area contributed by atoms with Gasteiger partial charge in [-0.15, -0.1) is 0 Å². The van der Waals surface area contributed by atoms with E-state index in [2.05, 4.69) is 19.9 Å². The van der Waals surface area contributed by atoms with Gasteiger partial charge in [0, 0.05) is 31.1 Å². The maximum absolute atomic E-state index is 15.9. The highest BCUT2D eigenvalue weighted by Crippen LogP contribution is 2.50. The van der Waals surface area contributed by atoms with Crippen molar-refractivity contribution in [1.82, 2.24) is 33.5 Å². The van der Waals surface area contributed by atoms with E-state index in [1.165, 1.54) is 33.6 Å². The van der Waals surface area contributed by atoms with Crippen LogP contribution in [0, 0.1) is 0 Å². The lowest BCUT2D eigenvalue weighted by Crippen LogP contribution is -2.43. The van der Waals surface area contributed by atoms with E-state index in [1.807, 2.05) is 0 Å². The Morgan fingerprint density at radius 2 is 2.12 bits per heavy atom. The minimum atomic E-state index is -4.04. The summed E-state index contributed by atoms with van der Waals surface area (Å²) in [5, 5.41) is 20.4. The van der Waals surface area contributed by atoms with Gasteiger partial charge in [0.1, 0.15) is 31.2 Å². The standard InChI is InChI=1S/C21H23FN7O9PS/c22-21(29-10-26-15-17(29)24-9-25-18(15)33)8-35-13(16(21)32)7-36-39(34,40)38-12-5-11(6-30)37-19(12)28-3-1-14(31)27-4-2-23-20(27)28/h1-4,9-13,16,19,30,32H,5-8H2,(H,34,40)(H,24,25,33)/t11-,12+,13+,16+,19+,21+,39?/m0/s1. The molecule has 0 radical (unpaired) electrons. The van der Waals surface area contributed by atoms with Crippen molar-refractivity contribution in [1.29, 1.82) is 0 Å². The number of hydrogen-bond donors (Lipinski definition) is 4. The van der Waals surface area contributed by atoms with Crippen LogP contribution in [0.2, 0.25) is 0 Å². The zero-order valence-corrected chi connectivity index (χ0v) is 22.1. The van der Waals surface area contributed by atoms with Gasteiger partial charge in [0.25, 0.3) is 11.1 Å². The van der Waals surface area contributed by atoms with Crippen molar-refractivity contribution in [3.63, 3.8) is 0 Å². The molecule has 2 aliphatic rings. The lowest BCUT2D eigenvalue weighted by atomic mass is 10.1. The minimum absolute atomic E-state index is 0.0918. The van der Waals surface area contributed by atoms with Crippen molar-refractivity contribution >= 4 is 35.5 Å². The predicted molar refractivity (Wildman–Crippen MR) is 135 cm³/mol. The Balaban J connectivity index is 1.17. The van der Waals surface area contributed by atoms with Crippen molar-refractivity contribution in [2.45, 2.75) is 42.9 Å². The van der Waals surface area contributed by atoms with Gasteiger partial charge in [0.05, 0.1) is 25.6 Å². The van der Waals surface area contributed by atoms with Crippen LogP contribution in [0.4, 0.5) is 4.39 Å². The molecule has 2 aliphatic heterocycles.